The van der Waals surface area contributed by atoms with Crippen molar-refractivity contribution in [3.8, 4) is 0 Å². The van der Waals surface area contributed by atoms with Crippen molar-refractivity contribution in [3.05, 3.63) is 18.0 Å². The van der Waals surface area contributed by atoms with Crippen molar-refractivity contribution >= 4 is 0 Å². The molecular formula is C8H15N2+. The van der Waals surface area contributed by atoms with Crippen LogP contribution in [0.1, 0.15) is 32.4 Å². The standard InChI is InChI=1S/C8H14N2/c1-4-10-6-5-8(9-10)7(2)3/h5-7H,4H2,1-3H3/p+1. The van der Waals surface area contributed by atoms with E-state index in [0.717, 1.165) is 6.54 Å². The summed E-state index contributed by atoms with van der Waals surface area (Å²) >= 11 is 0. The van der Waals surface area contributed by atoms with Crippen LogP contribution in [0.15, 0.2) is 12.3 Å². The van der Waals surface area contributed by atoms with E-state index in [9.17, 15) is 0 Å². The van der Waals surface area contributed by atoms with Crippen LogP contribution in [0.2, 0.25) is 0 Å². The van der Waals surface area contributed by atoms with Gasteiger partial charge in [0.2, 0.25) is 0 Å². The zero-order valence-electron chi connectivity index (χ0n) is 6.89. The summed E-state index contributed by atoms with van der Waals surface area (Å²) in [6.07, 6.45) is 2.08. The van der Waals surface area contributed by atoms with Crippen molar-refractivity contribution in [2.45, 2.75) is 33.2 Å². The van der Waals surface area contributed by atoms with Crippen LogP contribution in [0.3, 0.4) is 0 Å². The Hall–Kier alpha value is -0.790. The highest BCUT2D eigenvalue weighted by Gasteiger charge is 2.05. The Morgan fingerprint density at radius 1 is 1.60 bits per heavy atom. The highest BCUT2D eigenvalue weighted by molar-refractivity contribution is 4.99. The normalized spacial score (nSPS) is 10.8. The van der Waals surface area contributed by atoms with Crippen LogP contribution in [0.4, 0.5) is 0 Å². The van der Waals surface area contributed by atoms with Gasteiger partial charge >= 0.3 is 0 Å². The second kappa shape index (κ2) is 2.86. The summed E-state index contributed by atoms with van der Waals surface area (Å²) in [4.78, 5) is 0. The number of nitrogens with one attached hydrogen (secondary N) is 1. The molecule has 0 atom stereocenters. The lowest BCUT2D eigenvalue weighted by Gasteiger charge is -1.94. The Bertz CT molecular complexity index is 201. The van der Waals surface area contributed by atoms with Crippen LogP contribution >= 0.6 is 0 Å². The fraction of sp³-hybridized carbons (Fsp3) is 0.625. The Morgan fingerprint density at radius 3 is 2.60 bits per heavy atom. The van der Waals surface area contributed by atoms with Gasteiger partial charge in [0.05, 0.1) is 5.69 Å². The van der Waals surface area contributed by atoms with Crippen molar-refractivity contribution in [1.29, 1.82) is 0 Å². The van der Waals surface area contributed by atoms with Gasteiger partial charge in [-0.2, -0.15) is 5.10 Å². The third kappa shape index (κ3) is 1.38. The summed E-state index contributed by atoms with van der Waals surface area (Å²) in [5.41, 5.74) is 1.31. The fourth-order valence-corrected chi connectivity index (χ4v) is 0.917. The van der Waals surface area contributed by atoms with Gasteiger partial charge in [-0.15, -0.1) is 4.68 Å². The molecule has 0 saturated heterocycles. The first kappa shape index (κ1) is 7.32. The third-order valence-corrected chi connectivity index (χ3v) is 1.67. The Morgan fingerprint density at radius 2 is 2.30 bits per heavy atom. The second-order valence-electron chi connectivity index (χ2n) is 2.82. The zero-order chi connectivity index (χ0) is 7.56. The monoisotopic (exact) mass is 139 g/mol. The SMILES string of the molecule is CC[n+]1ccc(C(C)C)[nH]1. The Kier molecular flexibility index (Phi) is 2.10. The molecule has 0 aliphatic heterocycles. The number of H-pyrrole nitrogens is 1. The van der Waals surface area contributed by atoms with Gasteiger partial charge in [-0.1, -0.05) is 13.8 Å². The van der Waals surface area contributed by atoms with Crippen LogP contribution < -0.4 is 4.68 Å². The molecule has 10 heavy (non-hydrogen) atoms. The molecule has 1 rings (SSSR count). The largest absolute Gasteiger partial charge is 0.195 e. The van der Waals surface area contributed by atoms with Crippen LogP contribution in [0.5, 0.6) is 0 Å². The number of aromatic nitrogens is 2. The summed E-state index contributed by atoms with van der Waals surface area (Å²) < 4.78 is 2.08. The number of hydrogen-bond donors (Lipinski definition) is 1. The van der Waals surface area contributed by atoms with Gasteiger partial charge in [0.15, 0.2) is 12.7 Å². The van der Waals surface area contributed by atoms with Crippen molar-refractivity contribution in [1.82, 2.24) is 5.10 Å². The summed E-state index contributed by atoms with van der Waals surface area (Å²) in [6, 6.07) is 2.13. The van der Waals surface area contributed by atoms with Crippen LogP contribution in [0, 0.1) is 0 Å². The molecule has 0 aliphatic rings. The summed E-state index contributed by atoms with van der Waals surface area (Å²) in [6.45, 7) is 7.52. The minimum absolute atomic E-state index is 0.604. The summed E-state index contributed by atoms with van der Waals surface area (Å²) in [7, 11) is 0. The summed E-state index contributed by atoms with van der Waals surface area (Å²) in [5, 5.41) is 3.28. The predicted molar refractivity (Wildman–Crippen MR) is 40.8 cm³/mol. The number of hydrogen-bond acceptors (Lipinski definition) is 0. The van der Waals surface area contributed by atoms with E-state index in [-0.39, 0.29) is 0 Å². The number of aromatic amines is 1. The molecule has 0 aromatic carbocycles. The average molecular weight is 139 g/mol. The maximum absolute atomic E-state index is 3.28. The summed E-state index contributed by atoms with van der Waals surface area (Å²) in [5.74, 6) is 0.604. The van der Waals surface area contributed by atoms with Crippen LogP contribution in [-0.2, 0) is 6.54 Å². The van der Waals surface area contributed by atoms with Gasteiger partial charge < -0.3 is 0 Å². The fourth-order valence-electron chi connectivity index (χ4n) is 0.917. The van der Waals surface area contributed by atoms with E-state index in [1.807, 2.05) is 0 Å². The van der Waals surface area contributed by atoms with Gasteiger partial charge in [0.25, 0.3) is 0 Å². The third-order valence-electron chi connectivity index (χ3n) is 1.67. The van der Waals surface area contributed by atoms with E-state index in [1.165, 1.54) is 5.69 Å². The van der Waals surface area contributed by atoms with Gasteiger partial charge in [0.1, 0.15) is 0 Å². The topological polar surface area (TPSA) is 19.7 Å². The van der Waals surface area contributed by atoms with Gasteiger partial charge in [-0.25, -0.2) is 0 Å². The van der Waals surface area contributed by atoms with Crippen molar-refractivity contribution < 1.29 is 4.68 Å². The average Bonchev–Trinajstić information content (AvgIpc) is 2.34. The van der Waals surface area contributed by atoms with Crippen LogP contribution in [0.25, 0.3) is 0 Å². The first-order valence-electron chi connectivity index (χ1n) is 3.82. The minimum atomic E-state index is 0.604. The van der Waals surface area contributed by atoms with Gasteiger partial charge in [-0.3, -0.25) is 0 Å². The molecule has 56 valence electrons. The molecule has 1 aromatic rings. The minimum Gasteiger partial charge on any atom is -0.170 e. The van der Waals surface area contributed by atoms with Crippen molar-refractivity contribution in [2.24, 2.45) is 0 Å². The van der Waals surface area contributed by atoms with Gasteiger partial charge in [-0.05, 0) is 12.8 Å². The van der Waals surface area contributed by atoms with E-state index in [2.05, 4.69) is 42.8 Å². The second-order valence-corrected chi connectivity index (χ2v) is 2.82. The molecule has 1 aromatic heterocycles. The molecule has 1 heterocycles. The van der Waals surface area contributed by atoms with E-state index in [0.29, 0.717) is 5.92 Å². The first-order chi connectivity index (χ1) is 4.74. The van der Waals surface area contributed by atoms with Crippen LogP contribution in [-0.4, -0.2) is 5.10 Å². The molecule has 0 radical (unpaired) electrons. The lowest BCUT2D eigenvalue weighted by molar-refractivity contribution is -0.747. The Labute approximate surface area is 61.9 Å². The van der Waals surface area contributed by atoms with Gasteiger partial charge in [0, 0.05) is 6.07 Å². The first-order valence-corrected chi connectivity index (χ1v) is 3.82. The molecule has 2 heteroatoms. The van der Waals surface area contributed by atoms with E-state index in [1.54, 1.807) is 0 Å². The molecular weight excluding hydrogens is 124 g/mol. The predicted octanol–water partition coefficient (Wildman–Crippen LogP) is 1.45. The van der Waals surface area contributed by atoms with E-state index >= 15 is 0 Å². The van der Waals surface area contributed by atoms with E-state index in [4.69, 9.17) is 0 Å². The molecule has 2 nitrogen and oxygen atoms in total. The van der Waals surface area contributed by atoms with Crippen molar-refractivity contribution in [3.63, 3.8) is 0 Å². The lowest BCUT2D eigenvalue weighted by atomic mass is 10.1. The number of nitrogens with zero attached hydrogens (tertiary/aromatic N) is 1. The van der Waals surface area contributed by atoms with Crippen molar-refractivity contribution in [2.75, 3.05) is 0 Å². The Balaban J connectivity index is 2.78. The smallest absolute Gasteiger partial charge is 0.170 e. The highest BCUT2D eigenvalue weighted by atomic mass is 15.3. The molecule has 0 saturated carbocycles. The molecule has 0 bridgehead atoms. The lowest BCUT2D eigenvalue weighted by Crippen LogP contribution is -2.33. The molecule has 0 amide bonds. The molecule has 0 fully saturated rings. The molecule has 1 N–H and O–H groups in total. The number of aryl methyl sites for hydroxylation is 1. The van der Waals surface area contributed by atoms with E-state index < -0.39 is 0 Å². The quantitative estimate of drug-likeness (QED) is 0.598. The maximum Gasteiger partial charge on any atom is 0.195 e. The number of rotatable bonds is 2. The molecule has 0 spiro atoms. The maximum atomic E-state index is 3.28. The zero-order valence-corrected chi connectivity index (χ0v) is 6.89. The molecule has 0 unspecified atom stereocenters. The highest BCUT2D eigenvalue weighted by Crippen LogP contribution is 2.07. The molecule has 0 aliphatic carbocycles.